The number of carboxylic acid groups (broad SMARTS) is 1. The number of carboxylic acids is 1. The lowest BCUT2D eigenvalue weighted by atomic mass is 9.97. The molecule has 1 aliphatic heterocycles. The van der Waals surface area contributed by atoms with Crippen molar-refractivity contribution in [2.75, 3.05) is 13.6 Å². The van der Waals surface area contributed by atoms with Crippen LogP contribution in [0.25, 0.3) is 0 Å². The van der Waals surface area contributed by atoms with E-state index in [4.69, 9.17) is 5.11 Å². The Bertz CT molecular complexity index is 191. The molecular formula is C8H13NO2. The molecule has 0 aliphatic carbocycles. The van der Waals surface area contributed by atoms with Crippen LogP contribution in [0.1, 0.15) is 12.8 Å². The number of likely N-dealkylation sites (tertiary alicyclic amines) is 1. The molecule has 0 aromatic heterocycles. The molecule has 0 amide bonds. The molecule has 1 aliphatic rings. The largest absolute Gasteiger partial charge is 0.480 e. The van der Waals surface area contributed by atoms with Gasteiger partial charge in [0, 0.05) is 0 Å². The van der Waals surface area contributed by atoms with Crippen LogP contribution in [-0.2, 0) is 4.79 Å². The number of rotatable bonds is 2. The van der Waals surface area contributed by atoms with E-state index in [9.17, 15) is 4.79 Å². The maximum atomic E-state index is 10.9. The third-order valence-corrected chi connectivity index (χ3v) is 2.44. The Morgan fingerprint density at radius 3 is 2.64 bits per heavy atom. The van der Waals surface area contributed by atoms with E-state index in [1.807, 2.05) is 11.9 Å². The highest BCUT2D eigenvalue weighted by Crippen LogP contribution is 2.28. The van der Waals surface area contributed by atoms with Crippen LogP contribution in [0, 0.1) is 0 Å². The summed E-state index contributed by atoms with van der Waals surface area (Å²) in [6, 6.07) is 0. The topological polar surface area (TPSA) is 40.5 Å². The minimum atomic E-state index is -0.792. The number of likely N-dealkylation sites (N-methyl/N-ethyl adjacent to an activating group) is 1. The van der Waals surface area contributed by atoms with E-state index < -0.39 is 11.5 Å². The van der Waals surface area contributed by atoms with Crippen molar-refractivity contribution in [3.63, 3.8) is 0 Å². The maximum absolute atomic E-state index is 10.9. The third kappa shape index (κ3) is 1.05. The fraction of sp³-hybridized carbons (Fsp3) is 0.625. The summed E-state index contributed by atoms with van der Waals surface area (Å²) in [5.41, 5.74) is -0.792. The third-order valence-electron chi connectivity index (χ3n) is 2.44. The average molecular weight is 155 g/mol. The van der Waals surface area contributed by atoms with Gasteiger partial charge >= 0.3 is 5.97 Å². The number of aliphatic carboxylic acids is 1. The molecular weight excluding hydrogens is 142 g/mol. The van der Waals surface area contributed by atoms with Crippen LogP contribution < -0.4 is 0 Å². The first-order chi connectivity index (χ1) is 5.13. The quantitative estimate of drug-likeness (QED) is 0.597. The molecule has 0 spiro atoms. The van der Waals surface area contributed by atoms with Crippen LogP contribution in [0.5, 0.6) is 0 Å². The van der Waals surface area contributed by atoms with Crippen molar-refractivity contribution in [1.82, 2.24) is 4.90 Å². The zero-order chi connectivity index (χ0) is 8.48. The first-order valence-corrected chi connectivity index (χ1v) is 3.72. The molecule has 11 heavy (non-hydrogen) atoms. The van der Waals surface area contributed by atoms with Crippen molar-refractivity contribution in [2.45, 2.75) is 18.4 Å². The Labute approximate surface area is 66.3 Å². The molecule has 0 radical (unpaired) electrons. The second-order valence-corrected chi connectivity index (χ2v) is 2.96. The van der Waals surface area contributed by atoms with Gasteiger partial charge in [-0.15, -0.1) is 6.58 Å². The molecule has 1 atom stereocenters. The molecule has 1 heterocycles. The van der Waals surface area contributed by atoms with Gasteiger partial charge in [-0.25, -0.2) is 4.79 Å². The summed E-state index contributed by atoms with van der Waals surface area (Å²) >= 11 is 0. The minimum Gasteiger partial charge on any atom is -0.480 e. The van der Waals surface area contributed by atoms with E-state index in [1.54, 1.807) is 0 Å². The smallest absolute Gasteiger partial charge is 0.328 e. The molecule has 0 bridgehead atoms. The van der Waals surface area contributed by atoms with Crippen molar-refractivity contribution < 1.29 is 9.90 Å². The van der Waals surface area contributed by atoms with Gasteiger partial charge in [0.1, 0.15) is 5.54 Å². The Hall–Kier alpha value is -0.830. The molecule has 3 heteroatoms. The SMILES string of the molecule is C=C[C@@]1(C(=O)O)CCCN1C. The average Bonchev–Trinajstić information content (AvgIpc) is 2.32. The fourth-order valence-electron chi connectivity index (χ4n) is 1.59. The molecule has 0 aromatic carbocycles. The highest BCUT2D eigenvalue weighted by Gasteiger charge is 2.42. The van der Waals surface area contributed by atoms with Crippen LogP contribution in [0.2, 0.25) is 0 Å². The Balaban J connectivity index is 2.90. The highest BCUT2D eigenvalue weighted by atomic mass is 16.4. The van der Waals surface area contributed by atoms with Crippen LogP contribution in [-0.4, -0.2) is 35.1 Å². The summed E-state index contributed by atoms with van der Waals surface area (Å²) in [6.45, 7) is 4.41. The van der Waals surface area contributed by atoms with Gasteiger partial charge in [-0.2, -0.15) is 0 Å². The van der Waals surface area contributed by atoms with Crippen molar-refractivity contribution in [2.24, 2.45) is 0 Å². The van der Waals surface area contributed by atoms with E-state index in [1.165, 1.54) is 6.08 Å². The summed E-state index contributed by atoms with van der Waals surface area (Å²) in [5, 5.41) is 8.92. The normalized spacial score (nSPS) is 32.1. The second-order valence-electron chi connectivity index (χ2n) is 2.96. The van der Waals surface area contributed by atoms with Crippen molar-refractivity contribution in [3.8, 4) is 0 Å². The van der Waals surface area contributed by atoms with Crippen molar-refractivity contribution >= 4 is 5.97 Å². The molecule has 0 saturated carbocycles. The molecule has 3 nitrogen and oxygen atoms in total. The molecule has 1 N–H and O–H groups in total. The lowest BCUT2D eigenvalue weighted by molar-refractivity contribution is -0.145. The van der Waals surface area contributed by atoms with Gasteiger partial charge in [0.2, 0.25) is 0 Å². The van der Waals surface area contributed by atoms with Gasteiger partial charge in [-0.1, -0.05) is 6.08 Å². The first-order valence-electron chi connectivity index (χ1n) is 3.72. The highest BCUT2D eigenvalue weighted by molar-refractivity contribution is 5.81. The predicted octanol–water partition coefficient (Wildman–Crippen LogP) is 0.721. The van der Waals surface area contributed by atoms with Gasteiger partial charge in [0.05, 0.1) is 0 Å². The fourth-order valence-corrected chi connectivity index (χ4v) is 1.59. The summed E-state index contributed by atoms with van der Waals surface area (Å²) in [4.78, 5) is 12.7. The molecule has 0 unspecified atom stereocenters. The monoisotopic (exact) mass is 155 g/mol. The minimum absolute atomic E-state index is 0.683. The van der Waals surface area contributed by atoms with Gasteiger partial charge in [0.15, 0.2) is 0 Å². The molecule has 62 valence electrons. The zero-order valence-corrected chi connectivity index (χ0v) is 6.71. The Kier molecular flexibility index (Phi) is 2.00. The molecule has 0 aromatic rings. The van der Waals surface area contributed by atoms with E-state index >= 15 is 0 Å². The summed E-state index contributed by atoms with van der Waals surface area (Å²) in [7, 11) is 1.82. The lowest BCUT2D eigenvalue weighted by Crippen LogP contribution is -2.46. The standard InChI is InChI=1S/C8H13NO2/c1-3-8(7(10)11)5-4-6-9(8)2/h3H,1,4-6H2,2H3,(H,10,11)/t8-/m0/s1. The van der Waals surface area contributed by atoms with Gasteiger partial charge in [-0.05, 0) is 26.4 Å². The van der Waals surface area contributed by atoms with Gasteiger partial charge < -0.3 is 5.11 Å². The Morgan fingerprint density at radius 1 is 1.82 bits per heavy atom. The van der Waals surface area contributed by atoms with Crippen molar-refractivity contribution in [3.05, 3.63) is 12.7 Å². The van der Waals surface area contributed by atoms with Gasteiger partial charge in [-0.3, -0.25) is 4.90 Å². The number of hydrogen-bond donors (Lipinski definition) is 1. The van der Waals surface area contributed by atoms with E-state index in [2.05, 4.69) is 6.58 Å². The number of carbonyl (C=O) groups is 1. The van der Waals surface area contributed by atoms with Crippen molar-refractivity contribution in [1.29, 1.82) is 0 Å². The summed E-state index contributed by atoms with van der Waals surface area (Å²) < 4.78 is 0. The first kappa shape index (κ1) is 8.27. The predicted molar refractivity (Wildman–Crippen MR) is 42.4 cm³/mol. The van der Waals surface area contributed by atoms with Crippen LogP contribution in [0.4, 0.5) is 0 Å². The van der Waals surface area contributed by atoms with E-state index in [-0.39, 0.29) is 0 Å². The zero-order valence-electron chi connectivity index (χ0n) is 6.71. The lowest BCUT2D eigenvalue weighted by Gasteiger charge is -2.27. The number of nitrogens with zero attached hydrogens (tertiary/aromatic N) is 1. The molecule has 1 saturated heterocycles. The van der Waals surface area contributed by atoms with Crippen LogP contribution in [0.3, 0.4) is 0 Å². The second kappa shape index (κ2) is 2.66. The number of hydrogen-bond acceptors (Lipinski definition) is 2. The van der Waals surface area contributed by atoms with E-state index in [0.717, 1.165) is 13.0 Å². The summed E-state index contributed by atoms with van der Waals surface area (Å²) in [5.74, 6) is -0.785. The molecule has 1 rings (SSSR count). The summed E-state index contributed by atoms with van der Waals surface area (Å²) in [6.07, 6.45) is 3.15. The van der Waals surface area contributed by atoms with Crippen LogP contribution >= 0.6 is 0 Å². The van der Waals surface area contributed by atoms with Gasteiger partial charge in [0.25, 0.3) is 0 Å². The Morgan fingerprint density at radius 2 is 2.45 bits per heavy atom. The molecule has 1 fully saturated rings. The maximum Gasteiger partial charge on any atom is 0.328 e. The van der Waals surface area contributed by atoms with Crippen LogP contribution in [0.15, 0.2) is 12.7 Å². The van der Waals surface area contributed by atoms with E-state index in [0.29, 0.717) is 6.42 Å².